The van der Waals surface area contributed by atoms with Gasteiger partial charge >= 0.3 is 0 Å². The fourth-order valence-electron chi connectivity index (χ4n) is 5.10. The summed E-state index contributed by atoms with van der Waals surface area (Å²) in [6.45, 7) is 0. The lowest BCUT2D eigenvalue weighted by molar-refractivity contribution is 0.154. The Hall–Kier alpha value is -4.46. The summed E-state index contributed by atoms with van der Waals surface area (Å²) >= 11 is 0. The number of rotatable bonds is 5. The number of hydrogen-bond donors (Lipinski definition) is 2. The molecular formula is C28H24N6O2. The predicted molar refractivity (Wildman–Crippen MR) is 137 cm³/mol. The van der Waals surface area contributed by atoms with Crippen LogP contribution in [0.15, 0.2) is 72.1 Å². The Morgan fingerprint density at radius 1 is 0.889 bits per heavy atom. The van der Waals surface area contributed by atoms with Crippen molar-refractivity contribution in [3.05, 3.63) is 67.6 Å². The number of pyridine rings is 3. The number of nitrogens with one attached hydrogen (secondary N) is 2. The Morgan fingerprint density at radius 3 is 2.69 bits per heavy atom. The molecule has 6 aromatic rings. The molecule has 0 aromatic carbocycles. The average molecular weight is 477 g/mol. The molecule has 1 aliphatic carbocycles. The molecule has 0 atom stereocenters. The summed E-state index contributed by atoms with van der Waals surface area (Å²) < 4.78 is 11.5. The van der Waals surface area contributed by atoms with E-state index < -0.39 is 0 Å². The quantitative estimate of drug-likeness (QED) is 0.293. The van der Waals surface area contributed by atoms with E-state index in [-0.39, 0.29) is 6.10 Å². The lowest BCUT2D eigenvalue weighted by atomic mass is 9.98. The van der Waals surface area contributed by atoms with Crippen LogP contribution in [0, 0.1) is 0 Å². The molecule has 0 saturated heterocycles. The third-order valence-corrected chi connectivity index (χ3v) is 6.92. The second-order valence-corrected chi connectivity index (χ2v) is 9.30. The number of nitrogens with zero attached hydrogens (tertiary/aromatic N) is 4. The smallest absolute Gasteiger partial charge is 0.181 e. The van der Waals surface area contributed by atoms with Crippen LogP contribution in [0.5, 0.6) is 5.75 Å². The minimum atomic E-state index is 0.278. The minimum absolute atomic E-state index is 0.278. The number of aromatic nitrogens is 6. The van der Waals surface area contributed by atoms with Crippen LogP contribution in [-0.4, -0.2) is 36.2 Å². The standard InChI is InChI=1S/C28H24N6O2/c1-2-4-20(5-3-1)36-21-10-18(13-29-15-21)19-11-23-27(33-34-28(23)31-14-19)25-12-22-24(32-25)6-8-30-26(22)17-7-9-35-16-17/h6-16,20,32H,1-5H2,(H,31,33,34). The molecule has 0 radical (unpaired) electrons. The van der Waals surface area contributed by atoms with Gasteiger partial charge in [-0.15, -0.1) is 0 Å². The zero-order valence-corrected chi connectivity index (χ0v) is 19.6. The number of ether oxygens (including phenoxy) is 1. The van der Waals surface area contributed by atoms with Crippen molar-refractivity contribution in [3.63, 3.8) is 0 Å². The molecule has 36 heavy (non-hydrogen) atoms. The molecule has 0 unspecified atom stereocenters. The number of fused-ring (bicyclic) bond motifs is 2. The van der Waals surface area contributed by atoms with Gasteiger partial charge in [-0.3, -0.25) is 15.1 Å². The maximum absolute atomic E-state index is 6.24. The fraction of sp³-hybridized carbons (Fsp3) is 0.214. The van der Waals surface area contributed by atoms with Gasteiger partial charge in [0.15, 0.2) is 5.65 Å². The topological polar surface area (TPSA) is 106 Å². The van der Waals surface area contributed by atoms with Crippen molar-refractivity contribution >= 4 is 21.9 Å². The highest BCUT2D eigenvalue weighted by molar-refractivity contribution is 5.99. The average Bonchev–Trinajstić information content (AvgIpc) is 3.68. The van der Waals surface area contributed by atoms with Crippen molar-refractivity contribution in [2.45, 2.75) is 38.2 Å². The second kappa shape index (κ2) is 8.64. The van der Waals surface area contributed by atoms with Gasteiger partial charge in [0.1, 0.15) is 5.75 Å². The molecule has 0 amide bonds. The molecule has 8 heteroatoms. The lowest BCUT2D eigenvalue weighted by Crippen LogP contribution is -2.19. The van der Waals surface area contributed by atoms with Crippen LogP contribution in [0.1, 0.15) is 32.1 Å². The zero-order valence-electron chi connectivity index (χ0n) is 19.6. The first-order valence-corrected chi connectivity index (χ1v) is 12.3. The summed E-state index contributed by atoms with van der Waals surface area (Å²) in [6.07, 6.45) is 16.9. The van der Waals surface area contributed by atoms with Crippen molar-refractivity contribution in [1.29, 1.82) is 0 Å². The molecule has 8 nitrogen and oxygen atoms in total. The van der Waals surface area contributed by atoms with Gasteiger partial charge in [0.25, 0.3) is 0 Å². The third kappa shape index (κ3) is 3.71. The van der Waals surface area contributed by atoms with Crippen LogP contribution in [0.25, 0.3) is 55.7 Å². The van der Waals surface area contributed by atoms with Crippen LogP contribution >= 0.6 is 0 Å². The molecule has 0 spiro atoms. The van der Waals surface area contributed by atoms with Gasteiger partial charge in [-0.25, -0.2) is 4.98 Å². The summed E-state index contributed by atoms with van der Waals surface area (Å²) in [5.74, 6) is 0.807. The van der Waals surface area contributed by atoms with Gasteiger partial charge < -0.3 is 14.1 Å². The number of aromatic amines is 2. The van der Waals surface area contributed by atoms with E-state index in [2.05, 4.69) is 48.3 Å². The normalized spacial score (nSPS) is 14.6. The maximum atomic E-state index is 6.24. The summed E-state index contributed by atoms with van der Waals surface area (Å²) in [4.78, 5) is 17.1. The minimum Gasteiger partial charge on any atom is -0.489 e. The van der Waals surface area contributed by atoms with E-state index >= 15 is 0 Å². The van der Waals surface area contributed by atoms with Crippen LogP contribution in [0.3, 0.4) is 0 Å². The Morgan fingerprint density at radius 2 is 1.81 bits per heavy atom. The largest absolute Gasteiger partial charge is 0.489 e. The molecule has 0 bridgehead atoms. The molecular weight excluding hydrogens is 452 g/mol. The van der Waals surface area contributed by atoms with E-state index in [0.29, 0.717) is 5.65 Å². The van der Waals surface area contributed by atoms with Crippen molar-refractivity contribution in [1.82, 2.24) is 30.1 Å². The Bertz CT molecular complexity index is 1660. The lowest BCUT2D eigenvalue weighted by Gasteiger charge is -2.23. The first-order valence-electron chi connectivity index (χ1n) is 12.3. The van der Waals surface area contributed by atoms with E-state index in [1.54, 1.807) is 24.9 Å². The van der Waals surface area contributed by atoms with E-state index in [1.165, 1.54) is 19.3 Å². The zero-order chi connectivity index (χ0) is 23.9. The van der Waals surface area contributed by atoms with E-state index in [0.717, 1.165) is 68.7 Å². The highest BCUT2D eigenvalue weighted by Gasteiger charge is 2.17. The van der Waals surface area contributed by atoms with Crippen LogP contribution in [0.2, 0.25) is 0 Å². The summed E-state index contributed by atoms with van der Waals surface area (Å²) in [6, 6.07) is 10.1. The highest BCUT2D eigenvalue weighted by Crippen LogP contribution is 2.34. The summed E-state index contributed by atoms with van der Waals surface area (Å²) in [5.41, 5.74) is 7.16. The molecule has 6 aromatic heterocycles. The van der Waals surface area contributed by atoms with Gasteiger partial charge in [0.2, 0.25) is 0 Å². The molecule has 2 N–H and O–H groups in total. The summed E-state index contributed by atoms with van der Waals surface area (Å²) in [7, 11) is 0. The molecule has 0 aliphatic heterocycles. The van der Waals surface area contributed by atoms with Gasteiger partial charge in [-0.2, -0.15) is 5.10 Å². The Balaban J connectivity index is 1.26. The molecule has 6 heterocycles. The molecule has 1 fully saturated rings. The molecule has 7 rings (SSSR count). The molecule has 178 valence electrons. The molecule has 1 aliphatic rings. The van der Waals surface area contributed by atoms with E-state index in [1.807, 2.05) is 24.5 Å². The SMILES string of the molecule is c1cc2[nH]c(-c3[nH]nc4ncc(-c5cncc(OC6CCCCC6)c5)cc34)cc2c(-c2ccoc2)n1. The van der Waals surface area contributed by atoms with Crippen molar-refractivity contribution in [2.24, 2.45) is 0 Å². The van der Waals surface area contributed by atoms with Gasteiger partial charge in [0, 0.05) is 51.6 Å². The third-order valence-electron chi connectivity index (χ3n) is 6.92. The first kappa shape index (κ1) is 20.9. The number of furan rings is 1. The highest BCUT2D eigenvalue weighted by atomic mass is 16.5. The monoisotopic (exact) mass is 476 g/mol. The van der Waals surface area contributed by atoms with Gasteiger partial charge in [0.05, 0.1) is 41.9 Å². The van der Waals surface area contributed by atoms with E-state index in [9.17, 15) is 0 Å². The van der Waals surface area contributed by atoms with Gasteiger partial charge in [-0.1, -0.05) is 6.42 Å². The van der Waals surface area contributed by atoms with E-state index in [4.69, 9.17) is 9.15 Å². The van der Waals surface area contributed by atoms with Crippen LogP contribution in [-0.2, 0) is 0 Å². The Kier molecular flexibility index (Phi) is 5.01. The van der Waals surface area contributed by atoms with Crippen molar-refractivity contribution in [2.75, 3.05) is 0 Å². The summed E-state index contributed by atoms with van der Waals surface area (Å²) in [5, 5.41) is 9.54. The second-order valence-electron chi connectivity index (χ2n) is 9.30. The predicted octanol–water partition coefficient (Wildman–Crippen LogP) is 6.53. The fourth-order valence-corrected chi connectivity index (χ4v) is 5.10. The first-order chi connectivity index (χ1) is 17.8. The number of H-pyrrole nitrogens is 2. The van der Waals surface area contributed by atoms with Crippen LogP contribution < -0.4 is 4.74 Å². The molecule has 1 saturated carbocycles. The van der Waals surface area contributed by atoms with Crippen LogP contribution in [0.4, 0.5) is 0 Å². The van der Waals surface area contributed by atoms with Crippen molar-refractivity contribution < 1.29 is 9.15 Å². The van der Waals surface area contributed by atoms with Crippen molar-refractivity contribution in [3.8, 4) is 39.5 Å². The van der Waals surface area contributed by atoms with Gasteiger partial charge in [-0.05, 0) is 56.0 Å². The Labute approximate surface area is 206 Å². The number of hydrogen-bond acceptors (Lipinski definition) is 6. The maximum Gasteiger partial charge on any atom is 0.181 e.